The Morgan fingerprint density at radius 3 is 3.00 bits per heavy atom. The van der Waals surface area contributed by atoms with E-state index in [1.807, 2.05) is 13.8 Å². The molecule has 2 aromatic heterocycles. The minimum atomic E-state index is -0.707. The van der Waals surface area contributed by atoms with Gasteiger partial charge < -0.3 is 15.8 Å². The molecule has 1 unspecified atom stereocenters. The number of anilines is 3. The standard InChI is InChI=1S/C20H21N5O3S/c1-10(2)17-20(27)25(18-13(28-17)6-7-15(22)23-18)9-16(26)24-19-12(8-21)11-4-3-5-14(11)29-19/h6-7,10,17H,3-5,9H2,1-2H3,(H2,22,23)(H,24,26). The summed E-state index contributed by atoms with van der Waals surface area (Å²) in [5.41, 5.74) is 7.35. The molecule has 0 radical (unpaired) electrons. The van der Waals surface area contributed by atoms with E-state index in [2.05, 4.69) is 16.4 Å². The lowest BCUT2D eigenvalue weighted by Crippen LogP contribution is -2.51. The third kappa shape index (κ3) is 3.40. The van der Waals surface area contributed by atoms with Crippen molar-refractivity contribution in [2.45, 2.75) is 39.2 Å². The Hall–Kier alpha value is -3.12. The first-order valence-electron chi connectivity index (χ1n) is 9.48. The van der Waals surface area contributed by atoms with Crippen LogP contribution in [0.5, 0.6) is 5.75 Å². The van der Waals surface area contributed by atoms with E-state index < -0.39 is 12.0 Å². The quantitative estimate of drug-likeness (QED) is 0.797. The number of nitrogen functional groups attached to an aromatic ring is 1. The molecule has 2 aliphatic rings. The monoisotopic (exact) mass is 411 g/mol. The van der Waals surface area contributed by atoms with Crippen LogP contribution in [0.2, 0.25) is 0 Å². The van der Waals surface area contributed by atoms with Crippen LogP contribution in [-0.2, 0) is 22.4 Å². The zero-order valence-electron chi connectivity index (χ0n) is 16.2. The highest BCUT2D eigenvalue weighted by molar-refractivity contribution is 7.16. The van der Waals surface area contributed by atoms with E-state index in [9.17, 15) is 14.9 Å². The third-order valence-electron chi connectivity index (χ3n) is 5.07. The zero-order valence-corrected chi connectivity index (χ0v) is 17.0. The molecule has 0 spiro atoms. The first-order chi connectivity index (χ1) is 13.9. The van der Waals surface area contributed by atoms with Gasteiger partial charge in [0.2, 0.25) is 5.91 Å². The number of hydrogen-bond acceptors (Lipinski definition) is 7. The number of carbonyl (C=O) groups is 2. The summed E-state index contributed by atoms with van der Waals surface area (Å²) in [6.45, 7) is 3.52. The highest BCUT2D eigenvalue weighted by Crippen LogP contribution is 2.39. The number of nitrogens with one attached hydrogen (secondary N) is 1. The SMILES string of the molecule is CC(C)C1Oc2ccc(N)nc2N(CC(=O)Nc2sc3c(c2C#N)CCC3)C1=O. The molecule has 2 amide bonds. The minimum Gasteiger partial charge on any atom is -0.476 e. The van der Waals surface area contributed by atoms with E-state index in [1.54, 1.807) is 12.1 Å². The Balaban J connectivity index is 1.60. The highest BCUT2D eigenvalue weighted by Gasteiger charge is 2.38. The van der Waals surface area contributed by atoms with E-state index in [4.69, 9.17) is 10.5 Å². The van der Waals surface area contributed by atoms with Crippen LogP contribution in [0.15, 0.2) is 12.1 Å². The van der Waals surface area contributed by atoms with E-state index >= 15 is 0 Å². The van der Waals surface area contributed by atoms with Crippen LogP contribution in [0.25, 0.3) is 0 Å². The smallest absolute Gasteiger partial charge is 0.270 e. The van der Waals surface area contributed by atoms with Gasteiger partial charge in [-0.25, -0.2) is 4.98 Å². The number of ether oxygens (including phenoxy) is 1. The van der Waals surface area contributed by atoms with Gasteiger partial charge in [0.25, 0.3) is 5.91 Å². The topological polar surface area (TPSA) is 121 Å². The first-order valence-corrected chi connectivity index (χ1v) is 10.3. The Morgan fingerprint density at radius 1 is 1.48 bits per heavy atom. The molecule has 0 aromatic carbocycles. The summed E-state index contributed by atoms with van der Waals surface area (Å²) in [4.78, 5) is 32.4. The number of nitrogens with two attached hydrogens (primary N) is 1. The number of hydrogen-bond donors (Lipinski definition) is 2. The van der Waals surface area contributed by atoms with Gasteiger partial charge in [-0.15, -0.1) is 11.3 Å². The number of nitrogens with zero attached hydrogens (tertiary/aromatic N) is 3. The van der Waals surface area contributed by atoms with Crippen LogP contribution in [0.3, 0.4) is 0 Å². The first kappa shape index (κ1) is 19.2. The van der Waals surface area contributed by atoms with Crippen molar-refractivity contribution < 1.29 is 14.3 Å². The molecule has 4 rings (SSSR count). The number of nitriles is 1. The number of amides is 2. The molecule has 150 valence electrons. The van der Waals surface area contributed by atoms with Crippen LogP contribution < -0.4 is 20.7 Å². The number of pyridine rings is 1. The van der Waals surface area contributed by atoms with Crippen molar-refractivity contribution in [1.29, 1.82) is 5.26 Å². The predicted molar refractivity (Wildman–Crippen MR) is 110 cm³/mol. The van der Waals surface area contributed by atoms with Gasteiger partial charge in [0.15, 0.2) is 17.7 Å². The Kier molecular flexibility index (Phi) is 4.88. The normalized spacial score (nSPS) is 17.5. The fourth-order valence-electron chi connectivity index (χ4n) is 3.68. The van der Waals surface area contributed by atoms with E-state index in [1.165, 1.54) is 16.2 Å². The van der Waals surface area contributed by atoms with E-state index in [0.29, 0.717) is 16.3 Å². The fourth-order valence-corrected chi connectivity index (χ4v) is 4.93. The number of fused-ring (bicyclic) bond motifs is 2. The van der Waals surface area contributed by atoms with Crippen molar-refractivity contribution in [2.75, 3.05) is 22.5 Å². The summed E-state index contributed by atoms with van der Waals surface area (Å²) in [5.74, 6) is 0.0675. The van der Waals surface area contributed by atoms with Gasteiger partial charge in [-0.05, 0) is 42.9 Å². The van der Waals surface area contributed by atoms with Crippen LogP contribution in [0, 0.1) is 17.2 Å². The fraction of sp³-hybridized carbons (Fsp3) is 0.400. The van der Waals surface area contributed by atoms with Gasteiger partial charge in [-0.3, -0.25) is 14.5 Å². The van der Waals surface area contributed by atoms with Crippen molar-refractivity contribution >= 4 is 39.8 Å². The number of aryl methyl sites for hydroxylation is 1. The van der Waals surface area contributed by atoms with Gasteiger partial charge >= 0.3 is 0 Å². The maximum absolute atomic E-state index is 13.0. The summed E-state index contributed by atoms with van der Waals surface area (Å²) >= 11 is 1.44. The second-order valence-electron chi connectivity index (χ2n) is 7.49. The summed E-state index contributed by atoms with van der Waals surface area (Å²) in [6, 6.07) is 5.45. The molecule has 0 saturated carbocycles. The van der Waals surface area contributed by atoms with Gasteiger partial charge in [-0.1, -0.05) is 13.8 Å². The van der Waals surface area contributed by atoms with Crippen LogP contribution >= 0.6 is 11.3 Å². The largest absolute Gasteiger partial charge is 0.476 e. The maximum Gasteiger partial charge on any atom is 0.270 e. The number of rotatable bonds is 4. The van der Waals surface area contributed by atoms with Gasteiger partial charge in [0.1, 0.15) is 23.4 Å². The number of carbonyl (C=O) groups excluding carboxylic acids is 2. The second kappa shape index (κ2) is 7.37. The molecular weight excluding hydrogens is 390 g/mol. The van der Waals surface area contributed by atoms with Crippen molar-refractivity contribution in [1.82, 2.24) is 4.98 Å². The van der Waals surface area contributed by atoms with Crippen LogP contribution in [0.4, 0.5) is 16.6 Å². The molecule has 0 bridgehead atoms. The lowest BCUT2D eigenvalue weighted by atomic mass is 10.0. The average molecular weight is 411 g/mol. The molecule has 2 aromatic rings. The van der Waals surface area contributed by atoms with E-state index in [0.717, 1.165) is 29.7 Å². The number of aromatic nitrogens is 1. The Labute approximate surface area is 172 Å². The van der Waals surface area contributed by atoms with Gasteiger partial charge in [0, 0.05) is 4.88 Å². The van der Waals surface area contributed by atoms with Crippen molar-refractivity contribution in [3.05, 3.63) is 28.1 Å². The van der Waals surface area contributed by atoms with Crippen LogP contribution in [0.1, 0.15) is 36.3 Å². The number of thiophene rings is 1. The minimum absolute atomic E-state index is 0.0794. The summed E-state index contributed by atoms with van der Waals surface area (Å²) in [5, 5.41) is 12.9. The molecule has 8 nitrogen and oxygen atoms in total. The average Bonchev–Trinajstić information content (AvgIpc) is 3.24. The Bertz CT molecular complexity index is 1040. The molecule has 29 heavy (non-hydrogen) atoms. The second-order valence-corrected chi connectivity index (χ2v) is 8.59. The molecule has 1 aliphatic carbocycles. The molecule has 1 aliphatic heterocycles. The molecule has 3 heterocycles. The Morgan fingerprint density at radius 2 is 2.28 bits per heavy atom. The van der Waals surface area contributed by atoms with Crippen molar-refractivity contribution in [3.63, 3.8) is 0 Å². The lowest BCUT2D eigenvalue weighted by Gasteiger charge is -2.34. The van der Waals surface area contributed by atoms with E-state index in [-0.39, 0.29) is 30.0 Å². The predicted octanol–water partition coefficient (Wildman–Crippen LogP) is 2.47. The summed E-state index contributed by atoms with van der Waals surface area (Å²) < 4.78 is 5.79. The maximum atomic E-state index is 13.0. The highest BCUT2D eigenvalue weighted by atomic mass is 32.1. The van der Waals surface area contributed by atoms with Gasteiger partial charge in [0.05, 0.1) is 5.56 Å². The summed E-state index contributed by atoms with van der Waals surface area (Å²) in [7, 11) is 0. The van der Waals surface area contributed by atoms with Crippen molar-refractivity contribution in [2.24, 2.45) is 5.92 Å². The molecular formula is C20H21N5O3S. The van der Waals surface area contributed by atoms with Crippen molar-refractivity contribution in [3.8, 4) is 11.8 Å². The molecule has 1 atom stereocenters. The summed E-state index contributed by atoms with van der Waals surface area (Å²) in [6.07, 6.45) is 2.12. The van der Waals surface area contributed by atoms with Crippen LogP contribution in [-0.4, -0.2) is 29.4 Å². The van der Waals surface area contributed by atoms with Gasteiger partial charge in [-0.2, -0.15) is 5.26 Å². The lowest BCUT2D eigenvalue weighted by molar-refractivity contribution is -0.129. The molecule has 0 saturated heterocycles. The molecule has 9 heteroatoms. The molecule has 0 fully saturated rings. The molecule has 3 N–H and O–H groups in total. The third-order valence-corrected chi connectivity index (χ3v) is 6.28. The zero-order chi connectivity index (χ0) is 20.7.